The third-order valence-electron chi connectivity index (χ3n) is 1.80. The van der Waals surface area contributed by atoms with Gasteiger partial charge < -0.3 is 5.11 Å². The molecule has 0 saturated carbocycles. The Morgan fingerprint density at radius 2 is 2.18 bits per heavy atom. The second kappa shape index (κ2) is 5.58. The van der Waals surface area contributed by atoms with Crippen LogP contribution in [-0.2, 0) is 14.8 Å². The van der Waals surface area contributed by atoms with Gasteiger partial charge in [0.15, 0.2) is 0 Å². The van der Waals surface area contributed by atoms with E-state index in [1.165, 1.54) is 6.07 Å². The van der Waals surface area contributed by atoms with Gasteiger partial charge in [-0.15, -0.1) is 0 Å². The molecule has 8 heteroatoms. The van der Waals surface area contributed by atoms with Crippen molar-refractivity contribution in [1.29, 1.82) is 0 Å². The number of hydrogen-bond donors (Lipinski definition) is 2. The van der Waals surface area contributed by atoms with Crippen LogP contribution in [0.25, 0.3) is 0 Å². The molecule has 0 saturated heterocycles. The third kappa shape index (κ3) is 5.25. The molecule has 0 aromatic carbocycles. The van der Waals surface area contributed by atoms with E-state index in [1.807, 2.05) is 0 Å². The minimum atomic E-state index is -3.62. The highest BCUT2D eigenvalue weighted by atomic mass is 32.2. The van der Waals surface area contributed by atoms with Gasteiger partial charge in [0, 0.05) is 6.42 Å². The van der Waals surface area contributed by atoms with Crippen LogP contribution in [0.4, 0.5) is 10.1 Å². The van der Waals surface area contributed by atoms with Crippen LogP contribution in [0, 0.1) is 5.95 Å². The molecule has 1 rings (SSSR count). The van der Waals surface area contributed by atoms with Crippen LogP contribution in [0.15, 0.2) is 18.3 Å². The minimum Gasteiger partial charge on any atom is -0.481 e. The van der Waals surface area contributed by atoms with Gasteiger partial charge in [-0.3, -0.25) is 9.52 Å². The van der Waals surface area contributed by atoms with Crippen LogP contribution < -0.4 is 4.72 Å². The number of nitrogens with one attached hydrogen (secondary N) is 1. The average Bonchev–Trinajstić information content (AvgIpc) is 2.20. The molecule has 17 heavy (non-hydrogen) atoms. The van der Waals surface area contributed by atoms with E-state index < -0.39 is 21.9 Å². The Kier molecular flexibility index (Phi) is 4.38. The number of carboxylic acids is 1. The highest BCUT2D eigenvalue weighted by Crippen LogP contribution is 2.08. The van der Waals surface area contributed by atoms with Crippen LogP contribution >= 0.6 is 0 Å². The van der Waals surface area contributed by atoms with Crippen molar-refractivity contribution in [3.63, 3.8) is 0 Å². The number of sulfonamides is 1. The minimum absolute atomic E-state index is 0.0132. The molecule has 0 radical (unpaired) electrons. The summed E-state index contributed by atoms with van der Waals surface area (Å²) in [7, 11) is -3.62. The fourth-order valence-electron chi connectivity index (χ4n) is 1.08. The third-order valence-corrected chi connectivity index (χ3v) is 3.18. The molecular weight excluding hydrogens is 251 g/mol. The summed E-state index contributed by atoms with van der Waals surface area (Å²) in [5.74, 6) is -2.07. The van der Waals surface area contributed by atoms with Gasteiger partial charge in [0.05, 0.1) is 17.6 Å². The number of anilines is 1. The highest BCUT2D eigenvalue weighted by molar-refractivity contribution is 7.92. The largest absolute Gasteiger partial charge is 0.481 e. The van der Waals surface area contributed by atoms with Crippen molar-refractivity contribution < 1.29 is 22.7 Å². The molecule has 0 unspecified atom stereocenters. The van der Waals surface area contributed by atoms with E-state index in [2.05, 4.69) is 9.71 Å². The molecule has 0 spiro atoms. The van der Waals surface area contributed by atoms with E-state index in [0.717, 1.165) is 12.3 Å². The number of hydrogen-bond acceptors (Lipinski definition) is 4. The summed E-state index contributed by atoms with van der Waals surface area (Å²) in [5.41, 5.74) is 0.140. The summed E-state index contributed by atoms with van der Waals surface area (Å²) in [6.45, 7) is 0. The van der Waals surface area contributed by atoms with Gasteiger partial charge in [-0.1, -0.05) is 0 Å². The van der Waals surface area contributed by atoms with Crippen LogP contribution in [0.3, 0.4) is 0 Å². The number of rotatable bonds is 6. The van der Waals surface area contributed by atoms with Crippen molar-refractivity contribution in [3.05, 3.63) is 24.3 Å². The van der Waals surface area contributed by atoms with Crippen molar-refractivity contribution in [2.45, 2.75) is 12.8 Å². The van der Waals surface area contributed by atoms with Crippen molar-refractivity contribution >= 4 is 21.7 Å². The highest BCUT2D eigenvalue weighted by Gasteiger charge is 2.11. The maximum absolute atomic E-state index is 12.5. The Labute approximate surface area is 97.5 Å². The maximum Gasteiger partial charge on any atom is 0.303 e. The van der Waals surface area contributed by atoms with Crippen LogP contribution in [0.5, 0.6) is 0 Å². The van der Waals surface area contributed by atoms with Crippen molar-refractivity contribution in [2.24, 2.45) is 0 Å². The zero-order valence-corrected chi connectivity index (χ0v) is 9.58. The molecule has 0 aliphatic carbocycles. The van der Waals surface area contributed by atoms with Gasteiger partial charge in [-0.25, -0.2) is 13.4 Å². The van der Waals surface area contributed by atoms with Crippen molar-refractivity contribution in [1.82, 2.24) is 4.98 Å². The Balaban J connectivity index is 2.54. The van der Waals surface area contributed by atoms with Crippen LogP contribution in [0.1, 0.15) is 12.8 Å². The number of halogens is 1. The lowest BCUT2D eigenvalue weighted by molar-refractivity contribution is -0.137. The van der Waals surface area contributed by atoms with Crippen molar-refractivity contribution in [2.75, 3.05) is 10.5 Å². The molecule has 0 aliphatic heterocycles. The van der Waals surface area contributed by atoms with E-state index in [9.17, 15) is 17.6 Å². The monoisotopic (exact) mass is 262 g/mol. The summed E-state index contributed by atoms with van der Waals surface area (Å²) in [6, 6.07) is 2.26. The molecule has 2 N–H and O–H groups in total. The van der Waals surface area contributed by atoms with E-state index in [4.69, 9.17) is 5.11 Å². The summed E-state index contributed by atoms with van der Waals surface area (Å²) in [6.07, 6.45) is 0.839. The second-order valence-corrected chi connectivity index (χ2v) is 5.13. The molecule has 94 valence electrons. The number of aliphatic carboxylic acids is 1. The zero-order chi connectivity index (χ0) is 12.9. The Bertz CT molecular complexity index is 486. The van der Waals surface area contributed by atoms with Crippen molar-refractivity contribution in [3.8, 4) is 0 Å². The quantitative estimate of drug-likeness (QED) is 0.740. The Morgan fingerprint density at radius 1 is 1.47 bits per heavy atom. The number of carboxylic acid groups (broad SMARTS) is 1. The summed E-state index contributed by atoms with van der Waals surface area (Å²) in [4.78, 5) is 13.5. The van der Waals surface area contributed by atoms with Gasteiger partial charge in [0.2, 0.25) is 16.0 Å². The normalized spacial score (nSPS) is 11.1. The number of nitrogens with zero attached hydrogens (tertiary/aromatic N) is 1. The first-order valence-corrected chi connectivity index (χ1v) is 6.38. The predicted octanol–water partition coefficient (Wildman–Crippen LogP) is 0.827. The number of carbonyl (C=O) groups is 1. The lowest BCUT2D eigenvalue weighted by atomic mass is 10.3. The summed E-state index contributed by atoms with van der Waals surface area (Å²) >= 11 is 0. The lowest BCUT2D eigenvalue weighted by Gasteiger charge is -2.06. The first kappa shape index (κ1) is 13.4. The smallest absolute Gasteiger partial charge is 0.303 e. The summed E-state index contributed by atoms with van der Waals surface area (Å²) < 4.78 is 37.5. The molecule has 0 atom stereocenters. The fourth-order valence-corrected chi connectivity index (χ4v) is 2.19. The lowest BCUT2D eigenvalue weighted by Crippen LogP contribution is -2.17. The predicted molar refractivity (Wildman–Crippen MR) is 58.5 cm³/mol. The molecule has 0 aliphatic rings. The SMILES string of the molecule is O=C(O)CCCS(=O)(=O)Nc1ccc(F)nc1. The fraction of sp³-hybridized carbons (Fsp3) is 0.333. The first-order chi connectivity index (χ1) is 7.89. The molecule has 1 aromatic heterocycles. The van der Waals surface area contributed by atoms with Gasteiger partial charge >= 0.3 is 5.97 Å². The number of pyridine rings is 1. The molecule has 1 heterocycles. The standard InChI is InChI=1S/C9H11FN2O4S/c10-8-4-3-7(6-11-8)12-17(15,16)5-1-2-9(13)14/h3-4,6,12H,1-2,5H2,(H,13,14). The molecule has 0 amide bonds. The Morgan fingerprint density at radius 3 is 2.71 bits per heavy atom. The van der Waals surface area contributed by atoms with Gasteiger partial charge in [0.25, 0.3) is 0 Å². The average molecular weight is 262 g/mol. The van der Waals surface area contributed by atoms with Crippen LogP contribution in [-0.4, -0.2) is 30.2 Å². The second-order valence-electron chi connectivity index (χ2n) is 3.29. The van der Waals surface area contributed by atoms with Gasteiger partial charge in [-0.05, 0) is 18.6 Å². The van der Waals surface area contributed by atoms with Gasteiger partial charge in [0.1, 0.15) is 0 Å². The van der Waals surface area contributed by atoms with E-state index >= 15 is 0 Å². The maximum atomic E-state index is 12.5. The number of aromatic nitrogens is 1. The molecule has 0 bridgehead atoms. The van der Waals surface area contributed by atoms with E-state index in [-0.39, 0.29) is 24.3 Å². The van der Waals surface area contributed by atoms with Crippen LogP contribution in [0.2, 0.25) is 0 Å². The van der Waals surface area contributed by atoms with E-state index in [1.54, 1.807) is 0 Å². The molecule has 1 aromatic rings. The molecular formula is C9H11FN2O4S. The van der Waals surface area contributed by atoms with Gasteiger partial charge in [-0.2, -0.15) is 4.39 Å². The summed E-state index contributed by atoms with van der Waals surface area (Å²) in [5, 5.41) is 8.36. The zero-order valence-electron chi connectivity index (χ0n) is 8.76. The van der Waals surface area contributed by atoms with E-state index in [0.29, 0.717) is 0 Å². The molecule has 0 fully saturated rings. The first-order valence-electron chi connectivity index (χ1n) is 4.73. The topological polar surface area (TPSA) is 96.4 Å². The molecule has 6 nitrogen and oxygen atoms in total. The Hall–Kier alpha value is -1.70.